The Labute approximate surface area is 153 Å². The fourth-order valence-corrected chi connectivity index (χ4v) is 6.44. The summed E-state index contributed by atoms with van der Waals surface area (Å²) in [5, 5.41) is 0. The van der Waals surface area contributed by atoms with Gasteiger partial charge in [0.2, 0.25) is 0 Å². The van der Waals surface area contributed by atoms with Gasteiger partial charge in [-0.1, -0.05) is 0 Å². The second-order valence-electron chi connectivity index (χ2n) is 3.97. The molecule has 0 aromatic rings. The number of hydrogen-bond donors (Lipinski definition) is 3. The Morgan fingerprint density at radius 2 is 1.16 bits per heavy atom. The molecule has 0 saturated heterocycles. The van der Waals surface area contributed by atoms with Crippen molar-refractivity contribution in [1.82, 2.24) is 0 Å². The minimum absolute atomic E-state index is 0.0719. The van der Waals surface area contributed by atoms with Crippen molar-refractivity contribution in [2.75, 3.05) is 46.0 Å². The lowest BCUT2D eigenvalue weighted by Crippen LogP contribution is -2.08. The van der Waals surface area contributed by atoms with Gasteiger partial charge in [0.1, 0.15) is 3.41 Å². The van der Waals surface area contributed by atoms with E-state index in [1.807, 2.05) is 47.0 Å². The molecular formula is C12H26S7. The zero-order valence-electron chi connectivity index (χ0n) is 11.5. The summed E-state index contributed by atoms with van der Waals surface area (Å²) in [4.78, 5) is 0. The van der Waals surface area contributed by atoms with E-state index >= 15 is 0 Å². The van der Waals surface area contributed by atoms with Crippen LogP contribution < -0.4 is 0 Å². The van der Waals surface area contributed by atoms with E-state index < -0.39 is 0 Å². The van der Waals surface area contributed by atoms with Crippen molar-refractivity contribution in [2.45, 2.75) is 23.2 Å². The SMILES string of the molecule is CC(S)(SCCCSCCS)SCCCSCCS. The van der Waals surface area contributed by atoms with E-state index in [9.17, 15) is 0 Å². The Balaban J connectivity index is 3.36. The first-order valence-electron chi connectivity index (χ1n) is 6.50. The lowest BCUT2D eigenvalue weighted by atomic mass is 10.6. The average molecular weight is 395 g/mol. The third-order valence-electron chi connectivity index (χ3n) is 2.08. The molecule has 0 atom stereocenters. The zero-order chi connectivity index (χ0) is 14.4. The number of rotatable bonds is 14. The van der Waals surface area contributed by atoms with Gasteiger partial charge >= 0.3 is 0 Å². The Morgan fingerprint density at radius 1 is 0.737 bits per heavy atom. The van der Waals surface area contributed by atoms with Gasteiger partial charge in [0.15, 0.2) is 0 Å². The highest BCUT2D eigenvalue weighted by molar-refractivity contribution is 8.29. The van der Waals surface area contributed by atoms with Crippen LogP contribution in [0.3, 0.4) is 0 Å². The van der Waals surface area contributed by atoms with Gasteiger partial charge in [-0.15, -0.1) is 23.5 Å². The molecule has 0 fully saturated rings. The van der Waals surface area contributed by atoms with Crippen molar-refractivity contribution in [3.8, 4) is 0 Å². The molecule has 116 valence electrons. The van der Waals surface area contributed by atoms with E-state index in [2.05, 4.69) is 32.2 Å². The summed E-state index contributed by atoms with van der Waals surface area (Å²) in [6.45, 7) is 2.23. The van der Waals surface area contributed by atoms with Gasteiger partial charge in [-0.25, -0.2) is 0 Å². The van der Waals surface area contributed by atoms with E-state index in [0.29, 0.717) is 0 Å². The third kappa shape index (κ3) is 16.6. The summed E-state index contributed by atoms with van der Waals surface area (Å²) < 4.78 is 0.0719. The summed E-state index contributed by atoms with van der Waals surface area (Å²) in [6, 6.07) is 0. The summed E-state index contributed by atoms with van der Waals surface area (Å²) in [7, 11) is 0. The Hall–Kier alpha value is 2.45. The Bertz CT molecular complexity index is 169. The van der Waals surface area contributed by atoms with Crippen LogP contribution >= 0.6 is 84.9 Å². The van der Waals surface area contributed by atoms with Crippen molar-refractivity contribution < 1.29 is 0 Å². The van der Waals surface area contributed by atoms with Crippen LogP contribution in [0, 0.1) is 0 Å². The molecule has 0 spiro atoms. The van der Waals surface area contributed by atoms with Gasteiger partial charge < -0.3 is 0 Å². The summed E-state index contributed by atoms with van der Waals surface area (Å²) in [5.41, 5.74) is 0. The monoisotopic (exact) mass is 394 g/mol. The van der Waals surface area contributed by atoms with Crippen molar-refractivity contribution in [3.05, 3.63) is 0 Å². The van der Waals surface area contributed by atoms with Crippen LogP contribution in [0.25, 0.3) is 0 Å². The molecule has 0 rings (SSSR count). The van der Waals surface area contributed by atoms with E-state index in [0.717, 1.165) is 11.5 Å². The molecule has 7 heteroatoms. The van der Waals surface area contributed by atoms with Crippen molar-refractivity contribution in [1.29, 1.82) is 0 Å². The number of thioether (sulfide) groups is 4. The molecule has 19 heavy (non-hydrogen) atoms. The van der Waals surface area contributed by atoms with Crippen LogP contribution in [-0.2, 0) is 0 Å². The maximum absolute atomic E-state index is 4.76. The molecule has 0 bridgehead atoms. The lowest BCUT2D eigenvalue weighted by Gasteiger charge is -2.22. The van der Waals surface area contributed by atoms with Crippen molar-refractivity contribution in [2.24, 2.45) is 0 Å². The molecule has 0 nitrogen and oxygen atoms in total. The van der Waals surface area contributed by atoms with Gasteiger partial charge in [0, 0.05) is 11.5 Å². The highest BCUT2D eigenvalue weighted by atomic mass is 32.3. The molecule has 0 radical (unpaired) electrons. The Morgan fingerprint density at radius 3 is 1.53 bits per heavy atom. The van der Waals surface area contributed by atoms with E-state index in [1.165, 1.54) is 47.4 Å². The maximum Gasteiger partial charge on any atom is 0.101 e. The van der Waals surface area contributed by atoms with Gasteiger partial charge in [-0.05, 0) is 54.3 Å². The van der Waals surface area contributed by atoms with E-state index in [-0.39, 0.29) is 3.41 Å². The summed E-state index contributed by atoms with van der Waals surface area (Å²) in [5.74, 6) is 9.24. The standard InChI is InChI=1S/C12H26S7/c1-12(15,18-8-2-6-16-10-4-13)19-9-3-7-17-11-5-14/h13-15H,2-11H2,1H3. The maximum atomic E-state index is 4.76. The fraction of sp³-hybridized carbons (Fsp3) is 1.00. The topological polar surface area (TPSA) is 0 Å². The summed E-state index contributed by atoms with van der Waals surface area (Å²) in [6.07, 6.45) is 2.55. The minimum atomic E-state index is 0.0719. The largest absolute Gasteiger partial charge is 0.179 e. The minimum Gasteiger partial charge on any atom is -0.179 e. The normalized spacial score (nSPS) is 12.0. The van der Waals surface area contributed by atoms with Gasteiger partial charge in [-0.3, -0.25) is 0 Å². The molecule has 0 aliphatic heterocycles. The van der Waals surface area contributed by atoms with Crippen LogP contribution in [0.5, 0.6) is 0 Å². The lowest BCUT2D eigenvalue weighted by molar-refractivity contribution is 1.10. The highest BCUT2D eigenvalue weighted by Gasteiger charge is 2.19. The van der Waals surface area contributed by atoms with Crippen LogP contribution in [0.2, 0.25) is 0 Å². The van der Waals surface area contributed by atoms with Gasteiger partial charge in [0.25, 0.3) is 0 Å². The summed E-state index contributed by atoms with van der Waals surface area (Å²) >= 11 is 21.2. The third-order valence-corrected chi connectivity index (χ3v) is 8.81. The number of thiol groups is 3. The predicted octanol–water partition coefficient (Wildman–Crippen LogP) is 5.16. The van der Waals surface area contributed by atoms with Crippen LogP contribution in [0.1, 0.15) is 19.8 Å². The first kappa shape index (κ1) is 21.4. The van der Waals surface area contributed by atoms with E-state index in [4.69, 9.17) is 12.6 Å². The van der Waals surface area contributed by atoms with E-state index in [1.54, 1.807) is 0 Å². The molecule has 0 heterocycles. The first-order chi connectivity index (χ1) is 9.12. The van der Waals surface area contributed by atoms with Gasteiger partial charge in [0.05, 0.1) is 0 Å². The quantitative estimate of drug-likeness (QED) is 0.211. The average Bonchev–Trinajstić information content (AvgIpc) is 2.38. The predicted molar refractivity (Wildman–Crippen MR) is 114 cm³/mol. The van der Waals surface area contributed by atoms with Crippen LogP contribution in [0.4, 0.5) is 0 Å². The first-order valence-corrected chi connectivity index (χ1v) is 12.5. The number of hydrogen-bond acceptors (Lipinski definition) is 7. The molecule has 0 aromatic carbocycles. The van der Waals surface area contributed by atoms with Crippen LogP contribution in [0.15, 0.2) is 0 Å². The highest BCUT2D eigenvalue weighted by Crippen LogP contribution is 2.41. The molecule has 0 N–H and O–H groups in total. The zero-order valence-corrected chi connectivity index (χ0v) is 17.5. The second-order valence-corrected chi connectivity index (χ2v) is 12.1. The molecular weight excluding hydrogens is 369 g/mol. The second kappa shape index (κ2) is 15.3. The van der Waals surface area contributed by atoms with Crippen molar-refractivity contribution in [3.63, 3.8) is 0 Å². The van der Waals surface area contributed by atoms with Gasteiger partial charge in [-0.2, -0.15) is 61.4 Å². The fourth-order valence-electron chi connectivity index (χ4n) is 1.22. The molecule has 0 unspecified atom stereocenters. The molecule has 0 aromatic heterocycles. The van der Waals surface area contributed by atoms with Crippen molar-refractivity contribution >= 4 is 84.9 Å². The van der Waals surface area contributed by atoms with Crippen LogP contribution in [-0.4, -0.2) is 49.4 Å². The smallest absolute Gasteiger partial charge is 0.101 e. The molecule has 0 saturated carbocycles. The molecule has 0 aliphatic carbocycles. The molecule has 0 amide bonds. The Kier molecular flexibility index (Phi) is 17.3. The molecule has 0 aliphatic rings.